The minimum absolute atomic E-state index is 0.0394. The summed E-state index contributed by atoms with van der Waals surface area (Å²) in [4.78, 5) is 28.1. The first-order valence-electron chi connectivity index (χ1n) is 11.8. The fraction of sp³-hybridized carbons (Fsp3) is 0.407. The van der Waals surface area contributed by atoms with Gasteiger partial charge in [0.15, 0.2) is 0 Å². The number of phenolic OH excluding ortho intramolecular Hbond substituents is 1. The Kier molecular flexibility index (Phi) is 6.89. The number of aromatic hydroxyl groups is 1. The van der Waals surface area contributed by atoms with Crippen LogP contribution < -0.4 is 4.74 Å². The van der Waals surface area contributed by atoms with E-state index in [1.165, 1.54) is 6.07 Å². The lowest BCUT2D eigenvalue weighted by molar-refractivity contribution is -0.141. The summed E-state index contributed by atoms with van der Waals surface area (Å²) in [5.74, 6) is -0.783. The number of ketones is 1. The second-order valence-electron chi connectivity index (χ2n) is 9.20. The fourth-order valence-corrected chi connectivity index (χ4v) is 5.21. The Bertz CT molecular complexity index is 1150. The lowest BCUT2D eigenvalue weighted by Gasteiger charge is -2.31. The third-order valence-corrected chi connectivity index (χ3v) is 6.99. The van der Waals surface area contributed by atoms with E-state index in [2.05, 4.69) is 0 Å². The third-order valence-electron chi connectivity index (χ3n) is 6.69. The summed E-state index contributed by atoms with van der Waals surface area (Å²) >= 11 is 6.19. The molecule has 4 rings (SSSR count). The summed E-state index contributed by atoms with van der Waals surface area (Å²) < 4.78 is 5.73. The minimum Gasteiger partial charge on any atom is -0.507 e. The van der Waals surface area contributed by atoms with Gasteiger partial charge in [0.1, 0.15) is 17.3 Å². The molecular weight excluding hydrogens is 454 g/mol. The summed E-state index contributed by atoms with van der Waals surface area (Å²) in [5, 5.41) is 21.5. The van der Waals surface area contributed by atoms with E-state index in [0.717, 1.165) is 37.0 Å². The van der Waals surface area contributed by atoms with E-state index in [1.807, 2.05) is 26.8 Å². The molecule has 1 atom stereocenters. The van der Waals surface area contributed by atoms with Gasteiger partial charge in [-0.05, 0) is 67.1 Å². The number of aliphatic hydroxyl groups excluding tert-OH is 1. The van der Waals surface area contributed by atoms with Crippen LogP contribution in [0.2, 0.25) is 5.02 Å². The Morgan fingerprint density at radius 1 is 1.15 bits per heavy atom. The molecule has 2 fully saturated rings. The van der Waals surface area contributed by atoms with Crippen LogP contribution in [-0.4, -0.2) is 39.5 Å². The van der Waals surface area contributed by atoms with Crippen LogP contribution in [0.3, 0.4) is 0 Å². The van der Waals surface area contributed by atoms with E-state index in [9.17, 15) is 19.8 Å². The number of hydrogen-bond acceptors (Lipinski definition) is 5. The molecule has 1 amide bonds. The predicted octanol–water partition coefficient (Wildman–Crippen LogP) is 5.93. The highest BCUT2D eigenvalue weighted by Crippen LogP contribution is 2.45. The maximum Gasteiger partial charge on any atom is 0.295 e. The van der Waals surface area contributed by atoms with Gasteiger partial charge in [-0.3, -0.25) is 9.59 Å². The van der Waals surface area contributed by atoms with Crippen molar-refractivity contribution in [1.29, 1.82) is 0 Å². The van der Waals surface area contributed by atoms with Crippen LogP contribution in [0.15, 0.2) is 42.0 Å². The van der Waals surface area contributed by atoms with Crippen molar-refractivity contribution in [2.75, 3.05) is 6.61 Å². The van der Waals surface area contributed by atoms with Crippen LogP contribution >= 0.6 is 11.6 Å². The van der Waals surface area contributed by atoms with E-state index in [1.54, 1.807) is 29.2 Å². The second kappa shape index (κ2) is 9.71. The molecule has 2 aromatic carbocycles. The molecule has 2 N–H and O–H groups in total. The minimum atomic E-state index is -0.782. The van der Waals surface area contributed by atoms with Crippen LogP contribution in [0.25, 0.3) is 5.76 Å². The molecule has 1 aliphatic carbocycles. The van der Waals surface area contributed by atoms with Crippen LogP contribution in [0.5, 0.6) is 11.5 Å². The van der Waals surface area contributed by atoms with Crippen molar-refractivity contribution in [3.63, 3.8) is 0 Å². The Hall–Kier alpha value is -2.99. The Morgan fingerprint density at radius 2 is 1.85 bits per heavy atom. The van der Waals surface area contributed by atoms with Crippen molar-refractivity contribution in [2.45, 2.75) is 64.5 Å². The Balaban J connectivity index is 1.89. The normalized spacial score (nSPS) is 20.5. The molecule has 6 nitrogen and oxygen atoms in total. The molecule has 2 aromatic rings. The quantitative estimate of drug-likeness (QED) is 0.302. The number of likely N-dealkylation sites (tertiary alicyclic amines) is 1. The zero-order valence-corrected chi connectivity index (χ0v) is 20.4. The molecule has 34 heavy (non-hydrogen) atoms. The van der Waals surface area contributed by atoms with Crippen LogP contribution in [0.1, 0.15) is 75.1 Å². The van der Waals surface area contributed by atoms with E-state index in [-0.39, 0.29) is 34.1 Å². The number of nitrogens with zero attached hydrogens (tertiary/aromatic N) is 1. The largest absolute Gasteiger partial charge is 0.507 e. The highest BCUT2D eigenvalue weighted by Gasteiger charge is 2.49. The molecule has 1 saturated heterocycles. The summed E-state index contributed by atoms with van der Waals surface area (Å²) in [6.07, 6.45) is 3.56. The highest BCUT2D eigenvalue weighted by molar-refractivity contribution is 6.46. The average Bonchev–Trinajstić information content (AvgIpc) is 3.42. The number of hydrogen-bond donors (Lipinski definition) is 2. The first kappa shape index (κ1) is 24.1. The third kappa shape index (κ3) is 4.27. The van der Waals surface area contributed by atoms with Crippen LogP contribution in [-0.2, 0) is 9.59 Å². The molecule has 1 unspecified atom stereocenters. The number of phenols is 1. The molecule has 2 aliphatic rings. The van der Waals surface area contributed by atoms with Gasteiger partial charge in [-0.2, -0.15) is 0 Å². The number of ether oxygens (including phenoxy) is 1. The molecule has 7 heteroatoms. The van der Waals surface area contributed by atoms with Gasteiger partial charge in [0.25, 0.3) is 11.7 Å². The van der Waals surface area contributed by atoms with Crippen LogP contribution in [0.4, 0.5) is 0 Å². The number of amides is 1. The van der Waals surface area contributed by atoms with Crippen molar-refractivity contribution in [3.8, 4) is 11.5 Å². The maximum absolute atomic E-state index is 13.3. The monoisotopic (exact) mass is 483 g/mol. The second-order valence-corrected chi connectivity index (χ2v) is 9.60. The number of rotatable bonds is 6. The van der Waals surface area contributed by atoms with Gasteiger partial charge >= 0.3 is 0 Å². The van der Waals surface area contributed by atoms with Crippen molar-refractivity contribution in [2.24, 2.45) is 0 Å². The van der Waals surface area contributed by atoms with Crippen molar-refractivity contribution < 1.29 is 24.5 Å². The molecule has 1 saturated carbocycles. The SMILES string of the molecule is CCOc1ccc(/C(O)=C2/C(=O)C(=O)N(C3CCCC3)C2c2ccc(O)c(Cl)c2)cc1C(C)C. The van der Waals surface area contributed by atoms with E-state index in [0.29, 0.717) is 17.7 Å². The standard InChI is InChI=1S/C27H30ClNO5/c1-4-34-22-12-10-17(13-19(22)15(2)3)25(31)23-24(16-9-11-21(30)20(28)14-16)29(27(33)26(23)32)18-7-5-6-8-18/h9-15,18,24,30-31H,4-8H2,1-3H3/b25-23-. The molecule has 1 aliphatic heterocycles. The lowest BCUT2D eigenvalue weighted by Crippen LogP contribution is -2.37. The molecular formula is C27H30ClNO5. The Morgan fingerprint density at radius 3 is 2.47 bits per heavy atom. The number of carbonyl (C=O) groups excluding carboxylic acids is 2. The molecule has 0 bridgehead atoms. The number of Topliss-reactive ketones (excluding diaryl/α,β-unsaturated/α-hetero) is 1. The molecule has 0 spiro atoms. The fourth-order valence-electron chi connectivity index (χ4n) is 5.02. The summed E-state index contributed by atoms with van der Waals surface area (Å²) in [6.45, 7) is 6.47. The summed E-state index contributed by atoms with van der Waals surface area (Å²) in [5.41, 5.74) is 1.97. The van der Waals surface area contributed by atoms with Gasteiger partial charge in [-0.25, -0.2) is 0 Å². The number of carbonyl (C=O) groups is 2. The first-order valence-corrected chi connectivity index (χ1v) is 12.2. The number of benzene rings is 2. The topological polar surface area (TPSA) is 87.1 Å². The zero-order chi connectivity index (χ0) is 24.6. The van der Waals surface area contributed by atoms with Gasteiger partial charge in [-0.15, -0.1) is 0 Å². The Labute approximate surface area is 204 Å². The first-order chi connectivity index (χ1) is 16.2. The molecule has 180 valence electrons. The lowest BCUT2D eigenvalue weighted by atomic mass is 9.92. The van der Waals surface area contributed by atoms with Crippen molar-refractivity contribution in [1.82, 2.24) is 4.90 Å². The van der Waals surface area contributed by atoms with Crippen LogP contribution in [0, 0.1) is 0 Å². The van der Waals surface area contributed by atoms with Crippen molar-refractivity contribution >= 4 is 29.1 Å². The average molecular weight is 484 g/mol. The summed E-state index contributed by atoms with van der Waals surface area (Å²) in [7, 11) is 0. The van der Waals surface area contributed by atoms with E-state index < -0.39 is 17.7 Å². The summed E-state index contributed by atoms with van der Waals surface area (Å²) in [6, 6.07) is 9.07. The molecule has 1 heterocycles. The van der Waals surface area contributed by atoms with Gasteiger partial charge in [0.2, 0.25) is 0 Å². The zero-order valence-electron chi connectivity index (χ0n) is 19.7. The number of halogens is 1. The van der Waals surface area contributed by atoms with Gasteiger partial charge < -0.3 is 19.8 Å². The van der Waals surface area contributed by atoms with E-state index >= 15 is 0 Å². The van der Waals surface area contributed by atoms with Gasteiger partial charge in [0, 0.05) is 11.6 Å². The highest BCUT2D eigenvalue weighted by atomic mass is 35.5. The van der Waals surface area contributed by atoms with Gasteiger partial charge in [0.05, 0.1) is 23.2 Å². The number of aliphatic hydroxyl groups is 1. The maximum atomic E-state index is 13.3. The molecule has 0 radical (unpaired) electrons. The molecule has 0 aromatic heterocycles. The predicted molar refractivity (Wildman–Crippen MR) is 131 cm³/mol. The van der Waals surface area contributed by atoms with Gasteiger partial charge in [-0.1, -0.05) is 44.4 Å². The van der Waals surface area contributed by atoms with Crippen molar-refractivity contribution in [3.05, 3.63) is 63.7 Å². The van der Waals surface area contributed by atoms with E-state index in [4.69, 9.17) is 16.3 Å². The smallest absolute Gasteiger partial charge is 0.295 e.